The predicted octanol–water partition coefficient (Wildman–Crippen LogP) is 7.96. The standard InChI is InChI=1S/C35H23N3/c1-2-11-25(12-3-1)36-22-10-13-27(24-36)38-34-19-9-6-16-30(34)31-21-20-26(23-35(31)38)37-32-17-7-4-14-28(32)29-15-5-8-18-33(29)37/h1-23H. The monoisotopic (exact) mass is 485 g/mol. The van der Waals surface area contributed by atoms with Crippen LogP contribution in [0.2, 0.25) is 0 Å². The zero-order valence-corrected chi connectivity index (χ0v) is 20.6. The molecule has 0 radical (unpaired) electrons. The van der Waals surface area contributed by atoms with Crippen molar-refractivity contribution in [1.82, 2.24) is 9.13 Å². The van der Waals surface area contributed by atoms with Gasteiger partial charge < -0.3 is 9.13 Å². The fraction of sp³-hybridized carbons (Fsp3) is 0. The van der Waals surface area contributed by atoms with Crippen LogP contribution in [0.1, 0.15) is 0 Å². The topological polar surface area (TPSA) is 13.7 Å². The largest absolute Gasteiger partial charge is 0.321 e. The summed E-state index contributed by atoms with van der Waals surface area (Å²) in [7, 11) is 0. The van der Waals surface area contributed by atoms with Crippen molar-refractivity contribution in [3.05, 3.63) is 146 Å². The van der Waals surface area contributed by atoms with Crippen LogP contribution in [0.15, 0.2) is 140 Å². The third-order valence-corrected chi connectivity index (χ3v) is 7.50. The maximum absolute atomic E-state index is 3.63. The molecule has 0 spiro atoms. The van der Waals surface area contributed by atoms with E-state index in [1.54, 1.807) is 0 Å². The van der Waals surface area contributed by atoms with E-state index in [2.05, 4.69) is 153 Å². The van der Waals surface area contributed by atoms with Gasteiger partial charge in [-0.3, -0.25) is 4.57 Å². The van der Waals surface area contributed by atoms with E-state index in [0.29, 0.717) is 0 Å². The highest BCUT2D eigenvalue weighted by Crippen LogP contribution is 2.36. The molecule has 178 valence electrons. The third-order valence-electron chi connectivity index (χ3n) is 7.50. The average molecular weight is 486 g/mol. The molecule has 0 aliphatic carbocycles. The summed E-state index contributed by atoms with van der Waals surface area (Å²) in [6.45, 7) is 0. The second-order valence-electron chi connectivity index (χ2n) is 9.63. The first-order valence-corrected chi connectivity index (χ1v) is 12.9. The molecule has 0 saturated heterocycles. The van der Waals surface area contributed by atoms with Gasteiger partial charge in [-0.2, -0.15) is 0 Å². The Kier molecular flexibility index (Phi) is 4.52. The van der Waals surface area contributed by atoms with Crippen LogP contribution in [0.4, 0.5) is 0 Å². The molecule has 8 aromatic rings. The normalized spacial score (nSPS) is 11.7. The van der Waals surface area contributed by atoms with Gasteiger partial charge in [0.1, 0.15) is 5.69 Å². The number of fused-ring (bicyclic) bond motifs is 6. The lowest BCUT2D eigenvalue weighted by molar-refractivity contribution is -0.599. The lowest BCUT2D eigenvalue weighted by atomic mass is 10.1. The zero-order valence-electron chi connectivity index (χ0n) is 20.6. The Labute approximate surface area is 220 Å². The number of aromatic nitrogens is 3. The molecule has 0 fully saturated rings. The number of hydrogen-bond acceptors (Lipinski definition) is 0. The van der Waals surface area contributed by atoms with Crippen LogP contribution >= 0.6 is 0 Å². The van der Waals surface area contributed by atoms with E-state index in [1.807, 2.05) is 6.07 Å². The van der Waals surface area contributed by atoms with Crippen molar-refractivity contribution in [3.63, 3.8) is 0 Å². The van der Waals surface area contributed by atoms with Crippen molar-refractivity contribution in [2.75, 3.05) is 0 Å². The maximum Gasteiger partial charge on any atom is 0.178 e. The molecule has 38 heavy (non-hydrogen) atoms. The molecule has 0 aliphatic heterocycles. The number of pyridine rings is 1. The van der Waals surface area contributed by atoms with Crippen LogP contribution in [0.25, 0.3) is 60.7 Å². The van der Waals surface area contributed by atoms with Crippen LogP contribution in [-0.2, 0) is 0 Å². The summed E-state index contributed by atoms with van der Waals surface area (Å²) < 4.78 is 6.78. The minimum atomic E-state index is 1.00. The van der Waals surface area contributed by atoms with Crippen molar-refractivity contribution in [1.29, 1.82) is 0 Å². The lowest BCUT2D eigenvalue weighted by Gasteiger charge is -2.13. The Morgan fingerprint density at radius 2 is 1.00 bits per heavy atom. The molecule has 0 saturated carbocycles. The lowest BCUT2D eigenvalue weighted by Crippen LogP contribution is -2.30. The summed E-state index contributed by atoms with van der Waals surface area (Å²) in [5.41, 5.74) is 7.98. The van der Waals surface area contributed by atoms with E-state index in [-0.39, 0.29) is 0 Å². The Bertz CT molecular complexity index is 2080. The molecule has 8 rings (SSSR count). The molecule has 3 aromatic heterocycles. The summed E-state index contributed by atoms with van der Waals surface area (Å²) >= 11 is 0. The smallest absolute Gasteiger partial charge is 0.178 e. The number of para-hydroxylation sites is 4. The molecule has 0 unspecified atom stereocenters. The van der Waals surface area contributed by atoms with Crippen LogP contribution in [0.3, 0.4) is 0 Å². The molecule has 0 amide bonds. The first-order chi connectivity index (χ1) is 18.9. The fourth-order valence-corrected chi connectivity index (χ4v) is 5.84. The molecule has 3 heteroatoms. The summed E-state index contributed by atoms with van der Waals surface area (Å²) in [6, 6.07) is 47.4. The van der Waals surface area contributed by atoms with E-state index < -0.39 is 0 Å². The molecule has 5 aromatic carbocycles. The van der Waals surface area contributed by atoms with Gasteiger partial charge in [0.25, 0.3) is 0 Å². The Balaban J connectivity index is 1.43. The second kappa shape index (κ2) is 8.19. The van der Waals surface area contributed by atoms with Crippen LogP contribution in [-0.4, -0.2) is 9.13 Å². The van der Waals surface area contributed by atoms with Crippen molar-refractivity contribution >= 4 is 43.6 Å². The highest BCUT2D eigenvalue weighted by molar-refractivity contribution is 6.11. The minimum absolute atomic E-state index is 1.00. The fourth-order valence-electron chi connectivity index (χ4n) is 5.84. The zero-order chi connectivity index (χ0) is 25.1. The molecular formula is C35H23N3. The molecule has 0 bridgehead atoms. The highest BCUT2D eigenvalue weighted by atomic mass is 15.0. The molecule has 0 atom stereocenters. The predicted molar refractivity (Wildman–Crippen MR) is 155 cm³/mol. The highest BCUT2D eigenvalue weighted by Gasteiger charge is 2.16. The first kappa shape index (κ1) is 21.0. The van der Waals surface area contributed by atoms with E-state index in [4.69, 9.17) is 0 Å². The Morgan fingerprint density at radius 3 is 1.66 bits per heavy atom. The number of nitrogens with zero attached hydrogens (tertiary/aromatic N) is 3. The van der Waals surface area contributed by atoms with Gasteiger partial charge in [0, 0.05) is 32.9 Å². The summed E-state index contributed by atoms with van der Waals surface area (Å²) in [5.74, 6) is 0. The van der Waals surface area contributed by atoms with Crippen molar-refractivity contribution < 1.29 is 4.57 Å². The van der Waals surface area contributed by atoms with Gasteiger partial charge in [-0.25, -0.2) is 0 Å². The van der Waals surface area contributed by atoms with Gasteiger partial charge >= 0.3 is 0 Å². The number of hydrogen-bond donors (Lipinski definition) is 0. The van der Waals surface area contributed by atoms with Crippen molar-refractivity contribution in [2.24, 2.45) is 0 Å². The summed E-state index contributed by atoms with van der Waals surface area (Å²) in [4.78, 5) is 0. The average Bonchev–Trinajstić information content (AvgIpc) is 3.50. The van der Waals surface area contributed by atoms with Crippen LogP contribution in [0, 0.1) is 6.20 Å². The molecule has 3 heterocycles. The summed E-state index contributed by atoms with van der Waals surface area (Å²) in [6.07, 6.45) is 5.69. The van der Waals surface area contributed by atoms with Gasteiger partial charge in [0.05, 0.1) is 28.3 Å². The van der Waals surface area contributed by atoms with E-state index in [0.717, 1.165) is 22.6 Å². The van der Waals surface area contributed by atoms with Gasteiger partial charge in [-0.05, 0) is 42.5 Å². The van der Waals surface area contributed by atoms with Gasteiger partial charge in [-0.1, -0.05) is 84.9 Å². The maximum atomic E-state index is 3.63. The van der Waals surface area contributed by atoms with Gasteiger partial charge in [-0.15, -0.1) is 6.07 Å². The van der Waals surface area contributed by atoms with Crippen molar-refractivity contribution in [2.45, 2.75) is 0 Å². The summed E-state index contributed by atoms with van der Waals surface area (Å²) in [5, 5.41) is 5.00. The minimum Gasteiger partial charge on any atom is -0.321 e. The van der Waals surface area contributed by atoms with E-state index in [9.17, 15) is 0 Å². The van der Waals surface area contributed by atoms with E-state index >= 15 is 0 Å². The molecule has 0 aliphatic rings. The molecule has 0 N–H and O–H groups in total. The third kappa shape index (κ3) is 3.06. The Hall–Kier alpha value is -5.15. The number of benzene rings is 5. The Morgan fingerprint density at radius 1 is 0.447 bits per heavy atom. The van der Waals surface area contributed by atoms with Crippen molar-refractivity contribution in [3.8, 4) is 17.1 Å². The number of rotatable bonds is 3. The van der Waals surface area contributed by atoms with Crippen LogP contribution in [0.5, 0.6) is 0 Å². The second-order valence-corrected chi connectivity index (χ2v) is 9.63. The van der Waals surface area contributed by atoms with Gasteiger partial charge in [0.15, 0.2) is 6.20 Å². The molecule has 3 nitrogen and oxygen atoms in total. The quantitative estimate of drug-likeness (QED) is 0.178. The SMILES string of the molecule is [c-]1c(-n2c3ccccc3c3ccc(-n4c5ccccc5c5ccccc54)cc32)ccc[n+]1-c1ccccc1. The van der Waals surface area contributed by atoms with Crippen LogP contribution < -0.4 is 4.57 Å². The van der Waals surface area contributed by atoms with E-state index in [1.165, 1.54) is 38.1 Å². The first-order valence-electron chi connectivity index (χ1n) is 12.9. The molecular weight excluding hydrogens is 462 g/mol. The van der Waals surface area contributed by atoms with Gasteiger partial charge in [0.2, 0.25) is 0 Å².